The Morgan fingerprint density at radius 1 is 1.26 bits per heavy atom. The van der Waals surface area contributed by atoms with E-state index in [-0.39, 0.29) is 16.7 Å². The van der Waals surface area contributed by atoms with E-state index in [0.717, 1.165) is 37.4 Å². The van der Waals surface area contributed by atoms with Crippen molar-refractivity contribution in [3.8, 4) is 0 Å². The van der Waals surface area contributed by atoms with Crippen molar-refractivity contribution in [2.45, 2.75) is 20.3 Å². The van der Waals surface area contributed by atoms with Crippen molar-refractivity contribution < 1.29 is 4.79 Å². The SMILES string of the molecule is CCc1nc(C(N)=O)c(Nc2ccc(N3CCN(C)CC3)c(C)c2)nc1Cl. The Kier molecular flexibility index (Phi) is 5.82. The molecule has 0 atom stereocenters. The van der Waals surface area contributed by atoms with Crippen LogP contribution in [0.25, 0.3) is 0 Å². The summed E-state index contributed by atoms with van der Waals surface area (Å²) in [5, 5.41) is 3.41. The van der Waals surface area contributed by atoms with Gasteiger partial charge in [-0.1, -0.05) is 18.5 Å². The standard InChI is InChI=1S/C19H25ClN6O/c1-4-14-17(20)24-19(16(23-14)18(21)27)22-13-5-6-15(12(2)11-13)26-9-7-25(3)8-10-26/h5-6,11H,4,7-10H2,1-3H3,(H2,21,27)(H,22,24). The van der Waals surface area contributed by atoms with E-state index >= 15 is 0 Å². The first-order chi connectivity index (χ1) is 12.9. The zero-order chi connectivity index (χ0) is 19.6. The molecular formula is C19H25ClN6O. The maximum Gasteiger partial charge on any atom is 0.271 e. The number of hydrogen-bond acceptors (Lipinski definition) is 6. The number of hydrogen-bond donors (Lipinski definition) is 2. The summed E-state index contributed by atoms with van der Waals surface area (Å²) in [6, 6.07) is 6.08. The molecule has 0 radical (unpaired) electrons. The first-order valence-corrected chi connectivity index (χ1v) is 9.44. The van der Waals surface area contributed by atoms with Crippen LogP contribution in [0.2, 0.25) is 5.15 Å². The van der Waals surface area contributed by atoms with Gasteiger partial charge in [0.25, 0.3) is 5.91 Å². The average Bonchev–Trinajstić information content (AvgIpc) is 2.63. The van der Waals surface area contributed by atoms with Gasteiger partial charge in [-0.25, -0.2) is 9.97 Å². The molecule has 0 unspecified atom stereocenters. The minimum Gasteiger partial charge on any atom is -0.369 e. The number of aromatic nitrogens is 2. The summed E-state index contributed by atoms with van der Waals surface area (Å²) in [6.45, 7) is 8.10. The summed E-state index contributed by atoms with van der Waals surface area (Å²) in [7, 11) is 2.14. The van der Waals surface area contributed by atoms with E-state index in [9.17, 15) is 4.79 Å². The van der Waals surface area contributed by atoms with Crippen molar-refractivity contribution in [1.82, 2.24) is 14.9 Å². The number of nitrogens with zero attached hydrogens (tertiary/aromatic N) is 4. The first kappa shape index (κ1) is 19.4. The summed E-state index contributed by atoms with van der Waals surface area (Å²) < 4.78 is 0. The lowest BCUT2D eigenvalue weighted by molar-refractivity contribution is 0.0996. The maximum absolute atomic E-state index is 11.8. The molecule has 1 aliphatic rings. The highest BCUT2D eigenvalue weighted by Gasteiger charge is 2.18. The Morgan fingerprint density at radius 2 is 1.96 bits per heavy atom. The van der Waals surface area contributed by atoms with Gasteiger partial charge in [0.05, 0.1) is 5.69 Å². The highest BCUT2D eigenvalue weighted by Crippen LogP contribution is 2.27. The van der Waals surface area contributed by atoms with Crippen molar-refractivity contribution in [2.24, 2.45) is 5.73 Å². The second-order valence-corrected chi connectivity index (χ2v) is 7.15. The van der Waals surface area contributed by atoms with Crippen LogP contribution >= 0.6 is 11.6 Å². The molecule has 1 aromatic heterocycles. The van der Waals surface area contributed by atoms with Gasteiger partial charge in [-0.05, 0) is 44.2 Å². The van der Waals surface area contributed by atoms with Crippen molar-refractivity contribution in [2.75, 3.05) is 43.4 Å². The van der Waals surface area contributed by atoms with E-state index in [1.165, 1.54) is 5.69 Å². The average molecular weight is 389 g/mol. The number of nitrogens with one attached hydrogen (secondary N) is 1. The molecule has 27 heavy (non-hydrogen) atoms. The smallest absolute Gasteiger partial charge is 0.271 e. The van der Waals surface area contributed by atoms with Crippen LogP contribution in [0.15, 0.2) is 18.2 Å². The summed E-state index contributed by atoms with van der Waals surface area (Å²) in [5.41, 5.74) is 9.29. The lowest BCUT2D eigenvalue weighted by atomic mass is 10.1. The number of nitrogens with two attached hydrogens (primary N) is 1. The number of aryl methyl sites for hydroxylation is 2. The van der Waals surface area contributed by atoms with Gasteiger partial charge in [-0.3, -0.25) is 4.79 Å². The fourth-order valence-corrected chi connectivity index (χ4v) is 3.47. The molecule has 0 aliphatic carbocycles. The zero-order valence-corrected chi connectivity index (χ0v) is 16.7. The largest absolute Gasteiger partial charge is 0.369 e. The number of amides is 1. The Morgan fingerprint density at radius 3 is 2.56 bits per heavy atom. The van der Waals surface area contributed by atoms with Crippen LogP contribution in [0, 0.1) is 6.92 Å². The lowest BCUT2D eigenvalue weighted by Crippen LogP contribution is -2.44. The third kappa shape index (κ3) is 4.31. The van der Waals surface area contributed by atoms with Gasteiger partial charge < -0.3 is 20.9 Å². The van der Waals surface area contributed by atoms with Crippen LogP contribution in [-0.2, 0) is 6.42 Å². The molecular weight excluding hydrogens is 364 g/mol. The fourth-order valence-electron chi connectivity index (χ4n) is 3.21. The van der Waals surface area contributed by atoms with E-state index in [1.54, 1.807) is 0 Å². The van der Waals surface area contributed by atoms with Gasteiger partial charge >= 0.3 is 0 Å². The van der Waals surface area contributed by atoms with Crippen LogP contribution in [-0.4, -0.2) is 54.0 Å². The summed E-state index contributed by atoms with van der Waals surface area (Å²) in [6.07, 6.45) is 0.575. The monoisotopic (exact) mass is 388 g/mol. The molecule has 1 saturated heterocycles. The molecule has 1 aromatic carbocycles. The Labute approximate surface area is 164 Å². The van der Waals surface area contributed by atoms with Gasteiger partial charge in [0.2, 0.25) is 0 Å². The van der Waals surface area contributed by atoms with Crippen molar-refractivity contribution in [3.63, 3.8) is 0 Å². The summed E-state index contributed by atoms with van der Waals surface area (Å²) in [4.78, 5) is 25.0. The second kappa shape index (κ2) is 8.10. The quantitative estimate of drug-likeness (QED) is 0.818. The van der Waals surface area contributed by atoms with Gasteiger partial charge in [-0.2, -0.15) is 0 Å². The molecule has 3 N–H and O–H groups in total. The highest BCUT2D eigenvalue weighted by atomic mass is 35.5. The van der Waals surface area contributed by atoms with E-state index < -0.39 is 5.91 Å². The van der Waals surface area contributed by atoms with E-state index in [4.69, 9.17) is 17.3 Å². The third-order valence-electron chi connectivity index (χ3n) is 4.79. The van der Waals surface area contributed by atoms with Gasteiger partial charge in [0, 0.05) is 37.6 Å². The molecule has 144 valence electrons. The summed E-state index contributed by atoms with van der Waals surface area (Å²) in [5.74, 6) is -0.362. The highest BCUT2D eigenvalue weighted by molar-refractivity contribution is 6.30. The number of carbonyl (C=O) groups excluding carboxylic acids is 1. The minimum absolute atomic E-state index is 0.0945. The Bertz CT molecular complexity index is 848. The molecule has 0 saturated carbocycles. The van der Waals surface area contributed by atoms with Crippen molar-refractivity contribution >= 4 is 34.7 Å². The zero-order valence-electron chi connectivity index (χ0n) is 15.9. The lowest BCUT2D eigenvalue weighted by Gasteiger charge is -2.35. The van der Waals surface area contributed by atoms with Crippen LogP contribution < -0.4 is 16.0 Å². The van der Waals surface area contributed by atoms with Crippen LogP contribution in [0.5, 0.6) is 0 Å². The molecule has 0 bridgehead atoms. The predicted molar refractivity (Wildman–Crippen MR) is 109 cm³/mol. The Balaban J connectivity index is 1.85. The normalized spacial score (nSPS) is 15.0. The number of primary amides is 1. The molecule has 0 spiro atoms. The number of carbonyl (C=O) groups is 1. The molecule has 8 heteroatoms. The second-order valence-electron chi connectivity index (χ2n) is 6.79. The van der Waals surface area contributed by atoms with E-state index in [2.05, 4.69) is 45.1 Å². The number of rotatable bonds is 5. The number of benzene rings is 1. The van der Waals surface area contributed by atoms with Crippen LogP contribution in [0.1, 0.15) is 28.7 Å². The third-order valence-corrected chi connectivity index (χ3v) is 5.09. The molecule has 3 rings (SSSR count). The predicted octanol–water partition coefficient (Wildman–Crippen LogP) is 2.60. The number of halogens is 1. The molecule has 1 aliphatic heterocycles. The number of piperazine rings is 1. The number of likely N-dealkylation sites (N-methyl/N-ethyl adjacent to an activating group) is 1. The number of anilines is 3. The summed E-state index contributed by atoms with van der Waals surface area (Å²) >= 11 is 6.17. The van der Waals surface area contributed by atoms with Crippen LogP contribution in [0.3, 0.4) is 0 Å². The maximum atomic E-state index is 11.8. The molecule has 1 amide bonds. The minimum atomic E-state index is -0.637. The van der Waals surface area contributed by atoms with Crippen molar-refractivity contribution in [1.29, 1.82) is 0 Å². The van der Waals surface area contributed by atoms with Gasteiger partial charge in [0.15, 0.2) is 16.7 Å². The van der Waals surface area contributed by atoms with Gasteiger partial charge in [-0.15, -0.1) is 0 Å². The van der Waals surface area contributed by atoms with Crippen molar-refractivity contribution in [3.05, 3.63) is 40.3 Å². The molecule has 7 nitrogen and oxygen atoms in total. The van der Waals surface area contributed by atoms with Gasteiger partial charge in [0.1, 0.15) is 0 Å². The fraction of sp³-hybridized carbons (Fsp3) is 0.421. The Hall–Kier alpha value is -2.38. The molecule has 2 heterocycles. The molecule has 1 fully saturated rings. The van der Waals surface area contributed by atoms with Crippen LogP contribution in [0.4, 0.5) is 17.2 Å². The van der Waals surface area contributed by atoms with E-state index in [1.807, 2.05) is 19.1 Å². The topological polar surface area (TPSA) is 87.4 Å². The van der Waals surface area contributed by atoms with E-state index in [0.29, 0.717) is 12.1 Å². The first-order valence-electron chi connectivity index (χ1n) is 9.06. The molecule has 2 aromatic rings.